The Kier molecular flexibility index (Phi) is 4.13. The second kappa shape index (κ2) is 5.86. The molecule has 4 heteroatoms. The Bertz CT molecular complexity index is 427. The monoisotopic (exact) mass is 276 g/mol. The van der Waals surface area contributed by atoms with Gasteiger partial charge in [0.2, 0.25) is 0 Å². The summed E-state index contributed by atoms with van der Waals surface area (Å²) in [6.45, 7) is 2.50. The number of nitrogens with zero attached hydrogens (tertiary/aromatic N) is 3. The van der Waals surface area contributed by atoms with Crippen LogP contribution in [0.1, 0.15) is 50.5 Å². The van der Waals surface area contributed by atoms with E-state index in [0.29, 0.717) is 0 Å². The van der Waals surface area contributed by atoms with Crippen molar-refractivity contribution in [3.63, 3.8) is 0 Å². The average Bonchev–Trinajstić information content (AvgIpc) is 3.10. The highest BCUT2D eigenvalue weighted by Crippen LogP contribution is 2.39. The van der Waals surface area contributed by atoms with Crippen LogP contribution in [0.25, 0.3) is 0 Å². The van der Waals surface area contributed by atoms with Crippen molar-refractivity contribution >= 4 is 0 Å². The molecule has 2 heterocycles. The highest BCUT2D eigenvalue weighted by atomic mass is 15.2. The summed E-state index contributed by atoms with van der Waals surface area (Å²) in [5, 5.41) is 4.28. The van der Waals surface area contributed by atoms with Crippen LogP contribution < -0.4 is 5.73 Å². The molecule has 1 atom stereocenters. The molecule has 0 radical (unpaired) electrons. The van der Waals surface area contributed by atoms with Crippen LogP contribution in [0, 0.1) is 0 Å². The summed E-state index contributed by atoms with van der Waals surface area (Å²) < 4.78 is 1.88. The molecule has 1 aromatic heterocycles. The fraction of sp³-hybridized carbons (Fsp3) is 0.812. The first kappa shape index (κ1) is 14.1. The zero-order valence-corrected chi connectivity index (χ0v) is 12.7. The first-order chi connectivity index (χ1) is 9.71. The zero-order valence-electron chi connectivity index (χ0n) is 12.7. The molecule has 3 rings (SSSR count). The average molecular weight is 276 g/mol. The highest BCUT2D eigenvalue weighted by molar-refractivity contribution is 5.12. The molecule has 0 spiro atoms. The van der Waals surface area contributed by atoms with Crippen molar-refractivity contribution in [3.05, 3.63) is 18.0 Å². The Morgan fingerprint density at radius 3 is 2.50 bits per heavy atom. The standard InChI is InChI=1S/C16H28N4/c1-19-13-14(12-18-19)11-15(17)16(7-3-4-8-16)20-9-5-2-6-10-20/h12-13,15H,2-11,17H2,1H3. The SMILES string of the molecule is Cn1cc(CC(N)C2(N3CCCCC3)CCCC2)cn1. The van der Waals surface area contributed by atoms with Gasteiger partial charge >= 0.3 is 0 Å². The predicted octanol–water partition coefficient (Wildman–Crippen LogP) is 2.09. The quantitative estimate of drug-likeness (QED) is 0.916. The van der Waals surface area contributed by atoms with Crippen LogP contribution in [0.15, 0.2) is 12.4 Å². The third-order valence-corrected chi connectivity index (χ3v) is 5.36. The molecule has 2 aliphatic rings. The first-order valence-electron chi connectivity index (χ1n) is 8.19. The molecule has 1 aliphatic heterocycles. The van der Waals surface area contributed by atoms with Gasteiger partial charge in [-0.1, -0.05) is 19.3 Å². The molecule has 0 amide bonds. The van der Waals surface area contributed by atoms with Gasteiger partial charge in [-0.05, 0) is 50.8 Å². The van der Waals surface area contributed by atoms with Gasteiger partial charge in [0.15, 0.2) is 0 Å². The Labute approximate surface area is 122 Å². The number of aryl methyl sites for hydroxylation is 1. The number of likely N-dealkylation sites (tertiary alicyclic amines) is 1. The van der Waals surface area contributed by atoms with Crippen LogP contribution >= 0.6 is 0 Å². The summed E-state index contributed by atoms with van der Waals surface area (Å²) in [5.74, 6) is 0. The lowest BCUT2D eigenvalue weighted by Gasteiger charge is -2.47. The lowest BCUT2D eigenvalue weighted by atomic mass is 9.82. The van der Waals surface area contributed by atoms with Crippen LogP contribution in [-0.2, 0) is 13.5 Å². The normalized spacial score (nSPS) is 24.9. The predicted molar refractivity (Wildman–Crippen MR) is 81.5 cm³/mol. The van der Waals surface area contributed by atoms with Crippen molar-refractivity contribution in [1.29, 1.82) is 0 Å². The summed E-state index contributed by atoms with van der Waals surface area (Å²) in [5.41, 5.74) is 8.25. The van der Waals surface area contributed by atoms with E-state index < -0.39 is 0 Å². The van der Waals surface area contributed by atoms with Gasteiger partial charge in [-0.2, -0.15) is 5.10 Å². The molecule has 0 bridgehead atoms. The zero-order chi connectivity index (χ0) is 14.0. The van der Waals surface area contributed by atoms with Crippen molar-refractivity contribution in [2.24, 2.45) is 12.8 Å². The van der Waals surface area contributed by atoms with Crippen molar-refractivity contribution in [2.75, 3.05) is 13.1 Å². The Balaban J connectivity index is 1.75. The lowest BCUT2D eigenvalue weighted by Crippen LogP contribution is -2.60. The fourth-order valence-electron chi connectivity index (χ4n) is 4.27. The molecule has 0 aromatic carbocycles. The van der Waals surface area contributed by atoms with E-state index in [2.05, 4.69) is 16.2 Å². The smallest absolute Gasteiger partial charge is 0.0522 e. The van der Waals surface area contributed by atoms with Crippen molar-refractivity contribution in [2.45, 2.75) is 62.9 Å². The van der Waals surface area contributed by atoms with Gasteiger partial charge in [-0.15, -0.1) is 0 Å². The summed E-state index contributed by atoms with van der Waals surface area (Å²) in [6.07, 6.45) is 14.4. The molecule has 1 aliphatic carbocycles. The molecule has 1 saturated heterocycles. The Hall–Kier alpha value is -0.870. The van der Waals surface area contributed by atoms with Gasteiger partial charge in [0.05, 0.1) is 6.20 Å². The van der Waals surface area contributed by atoms with Crippen LogP contribution in [0.3, 0.4) is 0 Å². The second-order valence-electron chi connectivity index (χ2n) is 6.69. The van der Waals surface area contributed by atoms with Gasteiger partial charge < -0.3 is 5.73 Å². The third-order valence-electron chi connectivity index (χ3n) is 5.36. The minimum Gasteiger partial charge on any atom is -0.326 e. The van der Waals surface area contributed by atoms with Crippen LogP contribution in [0.4, 0.5) is 0 Å². The third kappa shape index (κ3) is 2.63. The van der Waals surface area contributed by atoms with Crippen LogP contribution in [-0.4, -0.2) is 39.4 Å². The summed E-state index contributed by atoms with van der Waals surface area (Å²) in [4.78, 5) is 2.73. The molecule has 1 aromatic rings. The van der Waals surface area contributed by atoms with E-state index in [1.54, 1.807) is 0 Å². The minimum atomic E-state index is 0.243. The maximum atomic E-state index is 6.71. The van der Waals surface area contributed by atoms with Crippen LogP contribution in [0.2, 0.25) is 0 Å². The Morgan fingerprint density at radius 1 is 1.20 bits per heavy atom. The molecular formula is C16H28N4. The number of rotatable bonds is 4. The maximum Gasteiger partial charge on any atom is 0.0522 e. The number of piperidine rings is 1. The van der Waals surface area contributed by atoms with E-state index in [0.717, 1.165) is 6.42 Å². The Morgan fingerprint density at radius 2 is 1.90 bits per heavy atom. The van der Waals surface area contributed by atoms with E-state index in [9.17, 15) is 0 Å². The number of hydrogen-bond acceptors (Lipinski definition) is 3. The fourth-order valence-corrected chi connectivity index (χ4v) is 4.27. The van der Waals surface area contributed by atoms with Crippen LogP contribution in [0.5, 0.6) is 0 Å². The second-order valence-corrected chi connectivity index (χ2v) is 6.69. The van der Waals surface area contributed by atoms with Gasteiger partial charge in [-0.25, -0.2) is 0 Å². The molecule has 2 fully saturated rings. The van der Waals surface area contributed by atoms with E-state index in [4.69, 9.17) is 5.73 Å². The number of nitrogens with two attached hydrogens (primary N) is 1. The molecule has 20 heavy (non-hydrogen) atoms. The number of hydrogen-bond donors (Lipinski definition) is 1. The maximum absolute atomic E-state index is 6.71. The largest absolute Gasteiger partial charge is 0.326 e. The molecule has 1 saturated carbocycles. The highest BCUT2D eigenvalue weighted by Gasteiger charge is 2.44. The van der Waals surface area contributed by atoms with Gasteiger partial charge in [0.25, 0.3) is 0 Å². The molecule has 1 unspecified atom stereocenters. The lowest BCUT2D eigenvalue weighted by molar-refractivity contribution is 0.0482. The molecule has 2 N–H and O–H groups in total. The molecule has 112 valence electrons. The summed E-state index contributed by atoms with van der Waals surface area (Å²) in [6, 6.07) is 0.243. The van der Waals surface area contributed by atoms with Gasteiger partial charge in [-0.3, -0.25) is 9.58 Å². The van der Waals surface area contributed by atoms with Gasteiger partial charge in [0.1, 0.15) is 0 Å². The molecular weight excluding hydrogens is 248 g/mol. The first-order valence-corrected chi connectivity index (χ1v) is 8.19. The molecule has 4 nitrogen and oxygen atoms in total. The van der Waals surface area contributed by atoms with E-state index in [-0.39, 0.29) is 11.6 Å². The number of aromatic nitrogens is 2. The minimum absolute atomic E-state index is 0.243. The van der Waals surface area contributed by atoms with Gasteiger partial charge in [0, 0.05) is 24.8 Å². The topological polar surface area (TPSA) is 47.1 Å². The van der Waals surface area contributed by atoms with E-state index >= 15 is 0 Å². The van der Waals surface area contributed by atoms with Crippen molar-refractivity contribution in [3.8, 4) is 0 Å². The van der Waals surface area contributed by atoms with Crippen molar-refractivity contribution in [1.82, 2.24) is 14.7 Å². The summed E-state index contributed by atoms with van der Waals surface area (Å²) >= 11 is 0. The van der Waals surface area contributed by atoms with Crippen molar-refractivity contribution < 1.29 is 0 Å². The summed E-state index contributed by atoms with van der Waals surface area (Å²) in [7, 11) is 1.98. The van der Waals surface area contributed by atoms with E-state index in [1.165, 1.54) is 63.6 Å². The van der Waals surface area contributed by atoms with E-state index in [1.807, 2.05) is 17.9 Å².